The molecule has 0 radical (unpaired) electrons. The van der Waals surface area contributed by atoms with E-state index >= 15 is 0 Å². The Bertz CT molecular complexity index is 653. The number of hydrogen-bond donors (Lipinski definition) is 0. The average Bonchev–Trinajstić information content (AvgIpc) is 2.87. The zero-order valence-electron chi connectivity index (χ0n) is 10.6. The first-order valence-corrected chi connectivity index (χ1v) is 7.09. The summed E-state index contributed by atoms with van der Waals surface area (Å²) in [6, 6.07) is 7.86. The standard InChI is InChI=1S/C13H12ClN3OS/c1-13(2)8-5-3-4-6-9(8)17(11(13)18)7-10-15-16-12(14)19-10/h3-6H,7H2,1-2H3. The lowest BCUT2D eigenvalue weighted by atomic mass is 9.86. The molecule has 1 amide bonds. The second-order valence-electron chi connectivity index (χ2n) is 4.98. The molecule has 6 heteroatoms. The summed E-state index contributed by atoms with van der Waals surface area (Å²) in [5, 5.41) is 8.49. The molecule has 3 rings (SSSR count). The summed E-state index contributed by atoms with van der Waals surface area (Å²) in [5.74, 6) is 0.0834. The maximum Gasteiger partial charge on any atom is 0.237 e. The SMILES string of the molecule is CC1(C)C(=O)N(Cc2nnc(Cl)s2)c2ccccc21. The van der Waals surface area contributed by atoms with Gasteiger partial charge in [0.2, 0.25) is 10.4 Å². The zero-order chi connectivity index (χ0) is 13.6. The van der Waals surface area contributed by atoms with Crippen molar-refractivity contribution in [1.82, 2.24) is 10.2 Å². The van der Waals surface area contributed by atoms with Gasteiger partial charge in [-0.05, 0) is 37.1 Å². The monoisotopic (exact) mass is 293 g/mol. The largest absolute Gasteiger partial charge is 0.304 e. The van der Waals surface area contributed by atoms with E-state index < -0.39 is 5.41 Å². The molecule has 0 atom stereocenters. The molecule has 0 fully saturated rings. The molecule has 1 aliphatic heterocycles. The third-order valence-electron chi connectivity index (χ3n) is 3.38. The molecule has 0 bridgehead atoms. The molecule has 0 saturated heterocycles. The first-order valence-electron chi connectivity index (χ1n) is 5.89. The van der Waals surface area contributed by atoms with Crippen LogP contribution in [0.15, 0.2) is 24.3 Å². The fraction of sp³-hybridized carbons (Fsp3) is 0.308. The van der Waals surface area contributed by atoms with Crippen LogP contribution in [0.2, 0.25) is 4.47 Å². The maximum absolute atomic E-state index is 12.5. The quantitative estimate of drug-likeness (QED) is 0.855. The fourth-order valence-electron chi connectivity index (χ4n) is 2.39. The van der Waals surface area contributed by atoms with Crippen molar-refractivity contribution in [3.8, 4) is 0 Å². The molecular formula is C13H12ClN3OS. The minimum Gasteiger partial charge on any atom is -0.304 e. The molecular weight excluding hydrogens is 282 g/mol. The predicted molar refractivity (Wildman–Crippen MR) is 75.6 cm³/mol. The normalized spacial score (nSPS) is 16.8. The highest BCUT2D eigenvalue weighted by molar-refractivity contribution is 7.15. The van der Waals surface area contributed by atoms with Gasteiger partial charge in [0, 0.05) is 5.69 Å². The van der Waals surface area contributed by atoms with E-state index in [2.05, 4.69) is 10.2 Å². The number of rotatable bonds is 2. The van der Waals surface area contributed by atoms with Gasteiger partial charge in [0.05, 0.1) is 12.0 Å². The van der Waals surface area contributed by atoms with Gasteiger partial charge in [0.1, 0.15) is 5.01 Å². The Hall–Kier alpha value is -1.46. The van der Waals surface area contributed by atoms with Crippen molar-refractivity contribution in [3.63, 3.8) is 0 Å². The number of halogens is 1. The van der Waals surface area contributed by atoms with Gasteiger partial charge in [-0.15, -0.1) is 10.2 Å². The summed E-state index contributed by atoms with van der Waals surface area (Å²) in [7, 11) is 0. The molecule has 0 unspecified atom stereocenters. The molecule has 0 N–H and O–H groups in total. The van der Waals surface area contributed by atoms with Gasteiger partial charge in [-0.25, -0.2) is 0 Å². The lowest BCUT2D eigenvalue weighted by molar-refractivity contribution is -0.122. The van der Waals surface area contributed by atoms with Gasteiger partial charge in [-0.2, -0.15) is 0 Å². The van der Waals surface area contributed by atoms with Crippen molar-refractivity contribution in [2.75, 3.05) is 4.90 Å². The van der Waals surface area contributed by atoms with E-state index in [4.69, 9.17) is 11.6 Å². The van der Waals surface area contributed by atoms with Crippen molar-refractivity contribution in [3.05, 3.63) is 39.3 Å². The van der Waals surface area contributed by atoms with E-state index in [-0.39, 0.29) is 5.91 Å². The maximum atomic E-state index is 12.5. The lowest BCUT2D eigenvalue weighted by Crippen LogP contribution is -2.35. The third-order valence-corrected chi connectivity index (χ3v) is 4.39. The second-order valence-corrected chi connectivity index (χ2v) is 6.63. The Labute approximate surface area is 120 Å². The van der Waals surface area contributed by atoms with Crippen LogP contribution in [0.25, 0.3) is 0 Å². The van der Waals surface area contributed by atoms with E-state index in [1.165, 1.54) is 11.3 Å². The number of fused-ring (bicyclic) bond motifs is 1. The van der Waals surface area contributed by atoms with Gasteiger partial charge < -0.3 is 4.90 Å². The van der Waals surface area contributed by atoms with E-state index in [0.717, 1.165) is 16.3 Å². The predicted octanol–water partition coefficient (Wildman–Crippen LogP) is 3.02. The van der Waals surface area contributed by atoms with Gasteiger partial charge in [0.25, 0.3) is 0 Å². The number of hydrogen-bond acceptors (Lipinski definition) is 4. The fourth-order valence-corrected chi connectivity index (χ4v) is 3.25. The Morgan fingerprint density at radius 1 is 1.32 bits per heavy atom. The van der Waals surface area contributed by atoms with Gasteiger partial charge in [-0.3, -0.25) is 4.79 Å². The molecule has 0 spiro atoms. The van der Waals surface area contributed by atoms with Crippen molar-refractivity contribution >= 4 is 34.5 Å². The minimum absolute atomic E-state index is 0.0834. The Balaban J connectivity index is 2.01. The van der Waals surface area contributed by atoms with Gasteiger partial charge in [0.15, 0.2) is 0 Å². The van der Waals surface area contributed by atoms with Crippen LogP contribution in [0.3, 0.4) is 0 Å². The number of amides is 1. The Morgan fingerprint density at radius 2 is 2.05 bits per heavy atom. The van der Waals surface area contributed by atoms with Crippen LogP contribution >= 0.6 is 22.9 Å². The molecule has 0 saturated carbocycles. The van der Waals surface area contributed by atoms with Crippen LogP contribution in [0.5, 0.6) is 0 Å². The van der Waals surface area contributed by atoms with E-state index in [9.17, 15) is 4.79 Å². The molecule has 0 aliphatic carbocycles. The van der Waals surface area contributed by atoms with Gasteiger partial charge >= 0.3 is 0 Å². The van der Waals surface area contributed by atoms with Crippen molar-refractivity contribution < 1.29 is 4.79 Å². The molecule has 19 heavy (non-hydrogen) atoms. The molecule has 1 aromatic heterocycles. The summed E-state index contributed by atoms with van der Waals surface area (Å²) in [6.07, 6.45) is 0. The molecule has 2 aromatic rings. The highest BCUT2D eigenvalue weighted by Crippen LogP contribution is 2.42. The van der Waals surface area contributed by atoms with Crippen LogP contribution in [-0.2, 0) is 16.8 Å². The van der Waals surface area contributed by atoms with E-state index in [1.54, 1.807) is 4.90 Å². The molecule has 4 nitrogen and oxygen atoms in total. The van der Waals surface area contributed by atoms with Gasteiger partial charge in [-0.1, -0.05) is 29.5 Å². The van der Waals surface area contributed by atoms with Crippen molar-refractivity contribution in [1.29, 1.82) is 0 Å². The number of aromatic nitrogens is 2. The smallest absolute Gasteiger partial charge is 0.237 e. The van der Waals surface area contributed by atoms with Crippen LogP contribution in [0.1, 0.15) is 24.4 Å². The number of benzene rings is 1. The van der Waals surface area contributed by atoms with Crippen molar-refractivity contribution in [2.24, 2.45) is 0 Å². The first kappa shape index (κ1) is 12.6. The molecule has 1 aromatic carbocycles. The number of nitrogens with zero attached hydrogens (tertiary/aromatic N) is 3. The summed E-state index contributed by atoms with van der Waals surface area (Å²) in [4.78, 5) is 14.3. The number of carbonyl (C=O) groups excluding carboxylic acids is 1. The highest BCUT2D eigenvalue weighted by Gasteiger charge is 2.43. The number of carbonyl (C=O) groups is 1. The average molecular weight is 294 g/mol. The first-order chi connectivity index (χ1) is 9.00. The lowest BCUT2D eigenvalue weighted by Gasteiger charge is -2.19. The van der Waals surface area contributed by atoms with Crippen LogP contribution in [-0.4, -0.2) is 16.1 Å². The summed E-state index contributed by atoms with van der Waals surface area (Å²) >= 11 is 7.08. The van der Waals surface area contributed by atoms with Crippen LogP contribution in [0.4, 0.5) is 5.69 Å². The second kappa shape index (κ2) is 4.28. The third kappa shape index (κ3) is 1.93. The van der Waals surface area contributed by atoms with Crippen LogP contribution < -0.4 is 4.90 Å². The van der Waals surface area contributed by atoms with E-state index in [0.29, 0.717) is 11.0 Å². The zero-order valence-corrected chi connectivity index (χ0v) is 12.1. The summed E-state index contributed by atoms with van der Waals surface area (Å²) in [6.45, 7) is 4.31. The number of para-hydroxylation sites is 1. The molecule has 98 valence electrons. The molecule has 2 heterocycles. The minimum atomic E-state index is -0.495. The van der Waals surface area contributed by atoms with Crippen molar-refractivity contribution in [2.45, 2.75) is 25.8 Å². The Morgan fingerprint density at radius 3 is 2.74 bits per heavy atom. The highest BCUT2D eigenvalue weighted by atomic mass is 35.5. The van der Waals surface area contributed by atoms with E-state index in [1.807, 2.05) is 38.1 Å². The number of anilines is 1. The molecule has 1 aliphatic rings. The summed E-state index contributed by atoms with van der Waals surface area (Å²) < 4.78 is 0.397. The van der Waals surface area contributed by atoms with Crippen LogP contribution in [0, 0.1) is 0 Å². The Kier molecular flexibility index (Phi) is 2.83. The summed E-state index contributed by atoms with van der Waals surface area (Å²) in [5.41, 5.74) is 1.50. The topological polar surface area (TPSA) is 46.1 Å².